The molecule has 1 aliphatic heterocycles. The van der Waals surface area contributed by atoms with Gasteiger partial charge < -0.3 is 9.64 Å². The molecule has 0 spiro atoms. The summed E-state index contributed by atoms with van der Waals surface area (Å²) in [5, 5.41) is 0.253. The summed E-state index contributed by atoms with van der Waals surface area (Å²) in [6.45, 7) is 4.97. The lowest BCUT2D eigenvalue weighted by Crippen LogP contribution is -2.36. The number of ether oxygens (including phenoxy) is 1. The Hall–Kier alpha value is -2.02. The van der Waals surface area contributed by atoms with E-state index in [0.717, 1.165) is 51.4 Å². The predicted molar refractivity (Wildman–Crippen MR) is 101 cm³/mol. The highest BCUT2D eigenvalue weighted by molar-refractivity contribution is 7.23. The van der Waals surface area contributed by atoms with Gasteiger partial charge in [0.1, 0.15) is 6.29 Å². The normalized spacial score (nSPS) is 14.9. The molecule has 1 saturated heterocycles. The number of fused-ring (bicyclic) bond motifs is 1. The number of aromatic nitrogens is 2. The molecule has 3 aromatic rings. The lowest BCUT2D eigenvalue weighted by atomic mass is 10.1. The van der Waals surface area contributed by atoms with E-state index in [9.17, 15) is 4.79 Å². The van der Waals surface area contributed by atoms with E-state index in [1.54, 1.807) is 17.4 Å². The molecule has 25 heavy (non-hydrogen) atoms. The maximum absolute atomic E-state index is 11.1. The van der Waals surface area contributed by atoms with Gasteiger partial charge in [0.2, 0.25) is 5.28 Å². The van der Waals surface area contributed by atoms with Crippen LogP contribution in [0.15, 0.2) is 24.3 Å². The van der Waals surface area contributed by atoms with Crippen LogP contribution >= 0.6 is 22.9 Å². The van der Waals surface area contributed by atoms with E-state index in [0.29, 0.717) is 18.8 Å². The van der Waals surface area contributed by atoms with E-state index in [1.165, 1.54) is 0 Å². The molecule has 7 heteroatoms. The van der Waals surface area contributed by atoms with Crippen molar-refractivity contribution in [3.05, 3.63) is 40.7 Å². The van der Waals surface area contributed by atoms with E-state index < -0.39 is 0 Å². The largest absolute Gasteiger partial charge is 0.378 e. The molecule has 1 fully saturated rings. The SMILES string of the molecule is Cc1c(-c2cccc(C=O)c2)sc2c(N3CCOCC3)nc(Cl)nc12. The van der Waals surface area contributed by atoms with Gasteiger partial charge in [0.25, 0.3) is 0 Å². The Kier molecular flexibility index (Phi) is 4.41. The van der Waals surface area contributed by atoms with Crippen molar-refractivity contribution < 1.29 is 9.53 Å². The molecule has 0 bridgehead atoms. The first-order chi connectivity index (χ1) is 12.2. The second-order valence-corrected chi connectivity index (χ2v) is 7.25. The number of aryl methyl sites for hydroxylation is 1. The highest BCUT2D eigenvalue weighted by atomic mass is 35.5. The summed E-state index contributed by atoms with van der Waals surface area (Å²) < 4.78 is 6.46. The summed E-state index contributed by atoms with van der Waals surface area (Å²) in [5.74, 6) is 0.865. The van der Waals surface area contributed by atoms with Crippen LogP contribution in [0, 0.1) is 6.92 Å². The molecule has 0 radical (unpaired) electrons. The molecule has 3 heterocycles. The van der Waals surface area contributed by atoms with Crippen LogP contribution in [0.4, 0.5) is 5.82 Å². The zero-order chi connectivity index (χ0) is 17.4. The number of aldehydes is 1. The number of morpholine rings is 1. The lowest BCUT2D eigenvalue weighted by Gasteiger charge is -2.28. The predicted octanol–water partition coefficient (Wildman–Crippen LogP) is 3.97. The van der Waals surface area contributed by atoms with Crippen molar-refractivity contribution in [2.45, 2.75) is 6.92 Å². The number of hydrogen-bond acceptors (Lipinski definition) is 6. The molecule has 128 valence electrons. The van der Waals surface area contributed by atoms with Crippen LogP contribution in [0.25, 0.3) is 20.7 Å². The number of carbonyl (C=O) groups is 1. The van der Waals surface area contributed by atoms with Crippen molar-refractivity contribution in [2.24, 2.45) is 0 Å². The van der Waals surface area contributed by atoms with Gasteiger partial charge in [-0.15, -0.1) is 11.3 Å². The number of carbonyl (C=O) groups excluding carboxylic acids is 1. The van der Waals surface area contributed by atoms with E-state index in [4.69, 9.17) is 16.3 Å². The average Bonchev–Trinajstić information content (AvgIpc) is 2.98. The molecule has 0 atom stereocenters. The van der Waals surface area contributed by atoms with E-state index in [1.807, 2.05) is 25.1 Å². The quantitative estimate of drug-likeness (QED) is 0.513. The average molecular weight is 374 g/mol. The number of rotatable bonds is 3. The molecule has 4 rings (SSSR count). The van der Waals surface area contributed by atoms with Crippen molar-refractivity contribution in [3.63, 3.8) is 0 Å². The van der Waals surface area contributed by atoms with Crippen molar-refractivity contribution in [1.82, 2.24) is 9.97 Å². The zero-order valence-electron chi connectivity index (χ0n) is 13.7. The first-order valence-electron chi connectivity index (χ1n) is 8.02. The minimum atomic E-state index is 0.253. The maximum Gasteiger partial charge on any atom is 0.224 e. The smallest absolute Gasteiger partial charge is 0.224 e. The topological polar surface area (TPSA) is 55.3 Å². The van der Waals surface area contributed by atoms with Crippen LogP contribution in [0.3, 0.4) is 0 Å². The monoisotopic (exact) mass is 373 g/mol. The fourth-order valence-corrected chi connectivity index (χ4v) is 4.49. The van der Waals surface area contributed by atoms with Crippen LogP contribution in [0.1, 0.15) is 15.9 Å². The summed E-state index contributed by atoms with van der Waals surface area (Å²) in [4.78, 5) is 23.3. The summed E-state index contributed by atoms with van der Waals surface area (Å²) >= 11 is 7.84. The third-order valence-electron chi connectivity index (χ3n) is 4.32. The van der Waals surface area contributed by atoms with E-state index >= 15 is 0 Å². The molecule has 0 saturated carbocycles. The fraction of sp³-hybridized carbons (Fsp3) is 0.278. The molecule has 0 aliphatic carbocycles. The van der Waals surface area contributed by atoms with Gasteiger partial charge in [-0.25, -0.2) is 4.98 Å². The number of nitrogens with zero attached hydrogens (tertiary/aromatic N) is 3. The zero-order valence-corrected chi connectivity index (χ0v) is 15.2. The molecule has 5 nitrogen and oxygen atoms in total. The van der Waals surface area contributed by atoms with Crippen LogP contribution in [-0.4, -0.2) is 42.6 Å². The first-order valence-corrected chi connectivity index (χ1v) is 9.22. The number of hydrogen-bond donors (Lipinski definition) is 0. The van der Waals surface area contributed by atoms with Gasteiger partial charge in [-0.1, -0.05) is 18.2 Å². The molecular weight excluding hydrogens is 358 g/mol. The van der Waals surface area contributed by atoms with Crippen LogP contribution in [0.2, 0.25) is 5.28 Å². The van der Waals surface area contributed by atoms with Crippen molar-refractivity contribution in [2.75, 3.05) is 31.2 Å². The lowest BCUT2D eigenvalue weighted by molar-refractivity contribution is 0.112. The Bertz CT molecular complexity index is 951. The van der Waals surface area contributed by atoms with Gasteiger partial charge in [0.05, 0.1) is 23.4 Å². The third-order valence-corrected chi connectivity index (χ3v) is 5.81. The van der Waals surface area contributed by atoms with Crippen molar-refractivity contribution in [1.29, 1.82) is 0 Å². The van der Waals surface area contributed by atoms with Crippen molar-refractivity contribution in [3.8, 4) is 10.4 Å². The minimum Gasteiger partial charge on any atom is -0.378 e. The Morgan fingerprint density at radius 1 is 1.28 bits per heavy atom. The Morgan fingerprint density at radius 3 is 2.84 bits per heavy atom. The van der Waals surface area contributed by atoms with Crippen LogP contribution < -0.4 is 4.90 Å². The van der Waals surface area contributed by atoms with Gasteiger partial charge in [-0.05, 0) is 35.7 Å². The molecule has 1 aliphatic rings. The molecule has 0 unspecified atom stereocenters. The van der Waals surface area contributed by atoms with Gasteiger partial charge >= 0.3 is 0 Å². The van der Waals surface area contributed by atoms with Crippen LogP contribution in [-0.2, 0) is 4.74 Å². The third kappa shape index (κ3) is 3.01. The standard InChI is InChI=1S/C18H16ClN3O2S/c1-11-14-16(25-15(11)13-4-2-3-12(9-13)10-23)17(21-18(19)20-14)22-5-7-24-8-6-22/h2-4,9-10H,5-8H2,1H3. The summed E-state index contributed by atoms with van der Waals surface area (Å²) in [5.41, 5.74) is 3.60. The molecule has 0 amide bonds. The second kappa shape index (κ2) is 6.71. The first kappa shape index (κ1) is 16.4. The summed E-state index contributed by atoms with van der Waals surface area (Å²) in [6.07, 6.45) is 0.863. The fourth-order valence-electron chi connectivity index (χ4n) is 3.06. The Labute approximate surface area is 154 Å². The molecule has 0 N–H and O–H groups in total. The maximum atomic E-state index is 11.1. The number of benzene rings is 1. The van der Waals surface area contributed by atoms with Gasteiger partial charge in [-0.2, -0.15) is 4.98 Å². The van der Waals surface area contributed by atoms with Gasteiger partial charge in [-0.3, -0.25) is 4.79 Å². The molecule has 1 aromatic carbocycles. The Balaban J connectivity index is 1.90. The number of thiophene rings is 1. The summed E-state index contributed by atoms with van der Waals surface area (Å²) in [6, 6.07) is 7.60. The molecule has 2 aromatic heterocycles. The minimum absolute atomic E-state index is 0.253. The number of halogens is 1. The second-order valence-electron chi connectivity index (χ2n) is 5.89. The van der Waals surface area contributed by atoms with Crippen molar-refractivity contribution >= 4 is 45.3 Å². The van der Waals surface area contributed by atoms with Gasteiger partial charge in [0, 0.05) is 23.5 Å². The van der Waals surface area contributed by atoms with Gasteiger partial charge in [0.15, 0.2) is 5.82 Å². The van der Waals surface area contributed by atoms with E-state index in [2.05, 4.69) is 14.9 Å². The van der Waals surface area contributed by atoms with E-state index in [-0.39, 0.29) is 5.28 Å². The number of anilines is 1. The summed E-state index contributed by atoms with van der Waals surface area (Å²) in [7, 11) is 0. The molecular formula is C18H16ClN3O2S. The highest BCUT2D eigenvalue weighted by Gasteiger charge is 2.21. The van der Waals surface area contributed by atoms with Crippen LogP contribution in [0.5, 0.6) is 0 Å². The highest BCUT2D eigenvalue weighted by Crippen LogP contribution is 2.41. The Morgan fingerprint density at radius 2 is 2.08 bits per heavy atom.